The van der Waals surface area contributed by atoms with Gasteiger partial charge in [-0.1, -0.05) is 43.6 Å². The van der Waals surface area contributed by atoms with Crippen molar-refractivity contribution in [3.05, 3.63) is 52.3 Å². The summed E-state index contributed by atoms with van der Waals surface area (Å²) in [5.41, 5.74) is 3.49. The van der Waals surface area contributed by atoms with Gasteiger partial charge in [0.25, 0.3) is 0 Å². The van der Waals surface area contributed by atoms with Crippen LogP contribution in [0.5, 0.6) is 0 Å². The van der Waals surface area contributed by atoms with Crippen molar-refractivity contribution in [2.45, 2.75) is 44.6 Å². The summed E-state index contributed by atoms with van der Waals surface area (Å²) in [5, 5.41) is 9.07. The number of hydrogen-bond donors (Lipinski definition) is 1. The van der Waals surface area contributed by atoms with Crippen LogP contribution in [0.25, 0.3) is 0 Å². The maximum Gasteiger partial charge on any atom is 0.193 e. The van der Waals surface area contributed by atoms with Gasteiger partial charge >= 0.3 is 0 Å². The van der Waals surface area contributed by atoms with Crippen molar-refractivity contribution in [2.75, 3.05) is 33.9 Å². The summed E-state index contributed by atoms with van der Waals surface area (Å²) in [4.78, 5) is 6.69. The Morgan fingerprint density at radius 3 is 2.61 bits per heavy atom. The predicted octanol–water partition coefficient (Wildman–Crippen LogP) is 4.57. The SMILES string of the molecule is CN=C(NCC1(c2ccccc2Cl)CCOCC1)N(C)Cc1cn(C)nc1C(C)C.I. The van der Waals surface area contributed by atoms with Gasteiger partial charge in [-0.25, -0.2) is 0 Å². The minimum atomic E-state index is -0.0647. The first-order chi connectivity index (χ1) is 14.4. The Morgan fingerprint density at radius 1 is 1.32 bits per heavy atom. The fourth-order valence-corrected chi connectivity index (χ4v) is 4.66. The zero-order chi connectivity index (χ0) is 21.7. The lowest BCUT2D eigenvalue weighted by molar-refractivity contribution is 0.0512. The smallest absolute Gasteiger partial charge is 0.193 e. The summed E-state index contributed by atoms with van der Waals surface area (Å²) in [5.74, 6) is 1.25. The molecule has 0 unspecified atom stereocenters. The van der Waals surface area contributed by atoms with E-state index >= 15 is 0 Å². The lowest BCUT2D eigenvalue weighted by atomic mass is 9.74. The molecule has 0 atom stereocenters. The van der Waals surface area contributed by atoms with Gasteiger partial charge in [-0.05, 0) is 30.4 Å². The van der Waals surface area contributed by atoms with Gasteiger partial charge in [0.1, 0.15) is 0 Å². The van der Waals surface area contributed by atoms with Crippen molar-refractivity contribution < 1.29 is 4.74 Å². The third-order valence-electron chi connectivity index (χ3n) is 5.94. The summed E-state index contributed by atoms with van der Waals surface area (Å²) in [6, 6.07) is 8.17. The second-order valence-corrected chi connectivity index (χ2v) is 8.90. The fraction of sp³-hybridized carbons (Fsp3) is 0.565. The van der Waals surface area contributed by atoms with Crippen LogP contribution in [-0.2, 0) is 23.7 Å². The van der Waals surface area contributed by atoms with Gasteiger partial charge in [0, 0.05) is 69.6 Å². The number of rotatable bonds is 6. The van der Waals surface area contributed by atoms with Crippen molar-refractivity contribution in [1.82, 2.24) is 20.0 Å². The van der Waals surface area contributed by atoms with E-state index < -0.39 is 0 Å². The Hall–Kier alpha value is -1.32. The molecular weight excluding hydrogens is 525 g/mol. The molecule has 0 spiro atoms. The number of nitrogens with zero attached hydrogens (tertiary/aromatic N) is 4. The highest BCUT2D eigenvalue weighted by Gasteiger charge is 2.36. The van der Waals surface area contributed by atoms with Crippen molar-refractivity contribution in [3.8, 4) is 0 Å². The molecule has 1 aliphatic rings. The molecule has 8 heteroatoms. The molecule has 31 heavy (non-hydrogen) atoms. The molecule has 2 aromatic rings. The topological polar surface area (TPSA) is 54.7 Å². The van der Waals surface area contributed by atoms with Gasteiger partial charge in [0.05, 0.1) is 5.69 Å². The number of aliphatic imine (C=N–C) groups is 1. The maximum absolute atomic E-state index is 6.60. The van der Waals surface area contributed by atoms with Crippen LogP contribution >= 0.6 is 35.6 Å². The van der Waals surface area contributed by atoms with E-state index in [0.29, 0.717) is 5.92 Å². The molecule has 172 valence electrons. The van der Waals surface area contributed by atoms with E-state index in [4.69, 9.17) is 16.3 Å². The molecule has 1 saturated heterocycles. The molecule has 2 heterocycles. The molecule has 0 saturated carbocycles. The Labute approximate surface area is 208 Å². The van der Waals surface area contributed by atoms with Crippen molar-refractivity contribution in [3.63, 3.8) is 0 Å². The van der Waals surface area contributed by atoms with Gasteiger partial charge in [0.15, 0.2) is 5.96 Å². The van der Waals surface area contributed by atoms with Crippen LogP contribution in [-0.4, -0.2) is 54.5 Å². The van der Waals surface area contributed by atoms with Crippen LogP contribution in [0.4, 0.5) is 0 Å². The standard InChI is InChI=1S/C23H34ClN5O.HI/c1-17(2)21-18(15-29(5)27-21)14-28(4)22(25-3)26-16-23(10-12-30-13-11-23)19-8-6-7-9-20(19)24;/h6-9,15,17H,10-14,16H2,1-5H3,(H,25,26);1H. The van der Waals surface area contributed by atoms with Crippen LogP contribution in [0.1, 0.15) is 49.4 Å². The molecule has 1 aliphatic heterocycles. The molecular formula is C23H35ClIN5O. The van der Waals surface area contributed by atoms with Gasteiger partial charge in [-0.2, -0.15) is 5.10 Å². The van der Waals surface area contributed by atoms with Gasteiger partial charge in [-0.3, -0.25) is 9.67 Å². The molecule has 1 fully saturated rings. The van der Waals surface area contributed by atoms with Crippen molar-refractivity contribution >= 4 is 41.5 Å². The molecule has 0 amide bonds. The quantitative estimate of drug-likeness (QED) is 0.320. The highest BCUT2D eigenvalue weighted by Crippen LogP contribution is 2.38. The summed E-state index contributed by atoms with van der Waals surface area (Å²) in [6.45, 7) is 7.36. The zero-order valence-corrected chi connectivity index (χ0v) is 22.3. The second kappa shape index (κ2) is 11.5. The fourth-order valence-electron chi connectivity index (χ4n) is 4.32. The number of aromatic nitrogens is 2. The van der Waals surface area contributed by atoms with Crippen molar-refractivity contribution in [1.29, 1.82) is 0 Å². The van der Waals surface area contributed by atoms with E-state index in [1.165, 1.54) is 11.1 Å². The predicted molar refractivity (Wildman–Crippen MR) is 139 cm³/mol. The number of aryl methyl sites for hydroxylation is 1. The minimum Gasteiger partial charge on any atom is -0.381 e. The number of hydrogen-bond acceptors (Lipinski definition) is 3. The molecule has 3 rings (SSSR count). The highest BCUT2D eigenvalue weighted by molar-refractivity contribution is 14.0. The first-order valence-electron chi connectivity index (χ1n) is 10.6. The molecule has 0 bridgehead atoms. The maximum atomic E-state index is 6.60. The van der Waals surface area contributed by atoms with E-state index in [2.05, 4.69) is 59.5 Å². The van der Waals surface area contributed by atoms with Crippen LogP contribution < -0.4 is 5.32 Å². The molecule has 1 aromatic heterocycles. The molecule has 1 N–H and O–H groups in total. The molecule has 0 aliphatic carbocycles. The Bertz CT molecular complexity index is 877. The average Bonchev–Trinajstić information content (AvgIpc) is 3.10. The van der Waals surface area contributed by atoms with Crippen LogP contribution in [0, 0.1) is 0 Å². The summed E-state index contributed by atoms with van der Waals surface area (Å²) in [7, 11) is 5.87. The van der Waals surface area contributed by atoms with Crippen LogP contribution in [0.15, 0.2) is 35.5 Å². The van der Waals surface area contributed by atoms with E-state index in [9.17, 15) is 0 Å². The van der Waals surface area contributed by atoms with Gasteiger partial charge in [0.2, 0.25) is 0 Å². The van der Waals surface area contributed by atoms with Gasteiger partial charge in [-0.15, -0.1) is 24.0 Å². The lowest BCUT2D eigenvalue weighted by Gasteiger charge is -2.39. The average molecular weight is 560 g/mol. The largest absolute Gasteiger partial charge is 0.381 e. The first kappa shape index (κ1) is 25.9. The van der Waals surface area contributed by atoms with E-state index in [1.54, 1.807) is 0 Å². The van der Waals surface area contributed by atoms with E-state index in [-0.39, 0.29) is 29.4 Å². The second-order valence-electron chi connectivity index (χ2n) is 8.50. The normalized spacial score (nSPS) is 16.2. The van der Waals surface area contributed by atoms with Crippen LogP contribution in [0.3, 0.4) is 0 Å². The number of ether oxygens (including phenoxy) is 1. The Kier molecular flexibility index (Phi) is 9.64. The monoisotopic (exact) mass is 559 g/mol. The third kappa shape index (κ3) is 6.14. The van der Waals surface area contributed by atoms with Crippen LogP contribution in [0.2, 0.25) is 5.02 Å². The number of benzene rings is 1. The van der Waals surface area contributed by atoms with E-state index in [1.807, 2.05) is 30.9 Å². The molecule has 6 nitrogen and oxygen atoms in total. The first-order valence-corrected chi connectivity index (χ1v) is 11.0. The molecule has 0 radical (unpaired) electrons. The number of halogens is 2. The van der Waals surface area contributed by atoms with Gasteiger partial charge < -0.3 is 15.0 Å². The number of nitrogens with one attached hydrogen (secondary N) is 1. The molecule has 1 aromatic carbocycles. The summed E-state index contributed by atoms with van der Waals surface area (Å²) < 4.78 is 7.55. The summed E-state index contributed by atoms with van der Waals surface area (Å²) >= 11 is 6.60. The third-order valence-corrected chi connectivity index (χ3v) is 6.27. The lowest BCUT2D eigenvalue weighted by Crippen LogP contribution is -2.48. The minimum absolute atomic E-state index is 0. The summed E-state index contributed by atoms with van der Waals surface area (Å²) in [6.07, 6.45) is 3.97. The Morgan fingerprint density at radius 2 is 2.00 bits per heavy atom. The van der Waals surface area contributed by atoms with E-state index in [0.717, 1.165) is 55.8 Å². The van der Waals surface area contributed by atoms with Crippen molar-refractivity contribution in [2.24, 2.45) is 12.0 Å². The number of guanidine groups is 1. The Balaban J connectivity index is 0.00000341. The zero-order valence-electron chi connectivity index (χ0n) is 19.2. The highest BCUT2D eigenvalue weighted by atomic mass is 127.